The minimum atomic E-state index is -0.349. The molecule has 0 unspecified atom stereocenters. The summed E-state index contributed by atoms with van der Waals surface area (Å²) in [5, 5.41) is 2.98. The molecular weight excluding hydrogens is 272 g/mol. The predicted octanol–water partition coefficient (Wildman–Crippen LogP) is 1.41. The van der Waals surface area contributed by atoms with Crippen molar-refractivity contribution >= 4 is 23.6 Å². The molecule has 5 heteroatoms. The molecule has 20 heavy (non-hydrogen) atoms. The molecule has 0 bridgehead atoms. The van der Waals surface area contributed by atoms with E-state index in [0.717, 1.165) is 12.1 Å². The maximum atomic E-state index is 12.0. The zero-order valence-electron chi connectivity index (χ0n) is 11.6. The number of carbonyl (C=O) groups excluding carboxylic acids is 2. The van der Waals surface area contributed by atoms with E-state index in [-0.39, 0.29) is 28.0 Å². The third-order valence-corrected chi connectivity index (χ3v) is 5.19. The first-order valence-electron chi connectivity index (χ1n) is 6.78. The second-order valence-corrected chi connectivity index (χ2v) is 7.77. The van der Waals surface area contributed by atoms with Crippen molar-refractivity contribution in [2.45, 2.75) is 36.4 Å². The molecule has 2 amide bonds. The van der Waals surface area contributed by atoms with Crippen molar-refractivity contribution in [1.29, 1.82) is 0 Å². The van der Waals surface area contributed by atoms with Crippen LogP contribution >= 0.6 is 11.8 Å². The maximum absolute atomic E-state index is 12.0. The van der Waals surface area contributed by atoms with E-state index in [0.29, 0.717) is 6.42 Å². The van der Waals surface area contributed by atoms with Gasteiger partial charge in [0.1, 0.15) is 11.4 Å². The first-order chi connectivity index (χ1) is 9.46. The number of benzene rings is 1. The van der Waals surface area contributed by atoms with E-state index in [4.69, 9.17) is 0 Å². The highest BCUT2D eigenvalue weighted by atomic mass is 32.2. The summed E-state index contributed by atoms with van der Waals surface area (Å²) in [4.78, 5) is 25.9. The van der Waals surface area contributed by atoms with E-state index in [9.17, 15) is 9.59 Å². The smallest absolute Gasteiger partial charge is 0.249 e. The zero-order chi connectivity index (χ0) is 14.3. The number of β-lactam (4-membered cyclic amide) rings is 1. The van der Waals surface area contributed by atoms with Crippen LogP contribution in [-0.4, -0.2) is 39.4 Å². The summed E-state index contributed by atoms with van der Waals surface area (Å²) in [5.41, 5.74) is 0.966. The second kappa shape index (κ2) is 4.81. The lowest BCUT2D eigenvalue weighted by atomic mass is 10.0. The van der Waals surface area contributed by atoms with E-state index in [1.165, 1.54) is 0 Å². The fourth-order valence-corrected chi connectivity index (χ4v) is 4.23. The number of nitrogens with one attached hydrogen (secondary N) is 1. The Morgan fingerprint density at radius 1 is 1.40 bits per heavy atom. The highest BCUT2D eigenvalue weighted by Gasteiger charge is 2.56. The largest absolute Gasteiger partial charge is 0.341 e. The van der Waals surface area contributed by atoms with Gasteiger partial charge in [-0.1, -0.05) is 30.3 Å². The first-order valence-corrected chi connectivity index (χ1v) is 7.66. The van der Waals surface area contributed by atoms with Crippen molar-refractivity contribution in [3.8, 4) is 0 Å². The van der Waals surface area contributed by atoms with E-state index in [1.807, 2.05) is 35.2 Å². The molecule has 0 aromatic heterocycles. The van der Waals surface area contributed by atoms with Crippen molar-refractivity contribution in [2.75, 3.05) is 6.54 Å². The van der Waals surface area contributed by atoms with Crippen molar-refractivity contribution in [1.82, 2.24) is 10.2 Å². The lowest BCUT2D eigenvalue weighted by molar-refractivity contribution is -0.147. The van der Waals surface area contributed by atoms with E-state index < -0.39 is 0 Å². The van der Waals surface area contributed by atoms with Gasteiger partial charge in [0, 0.05) is 11.3 Å². The van der Waals surface area contributed by atoms with Gasteiger partial charge in [0.2, 0.25) is 11.8 Å². The molecule has 3 rings (SSSR count). The standard InChI is InChI=1S/C15H18N2O2S/c1-15(2)9-17-13(19)12(14(17)20-15)16-11(18)8-10-6-4-3-5-7-10/h3-7,12,14H,8-9H2,1-2H3,(H,16,18)/t12-,14-/m1/s1. The molecule has 4 nitrogen and oxygen atoms in total. The van der Waals surface area contributed by atoms with Gasteiger partial charge in [-0.25, -0.2) is 0 Å². The minimum Gasteiger partial charge on any atom is -0.341 e. The topological polar surface area (TPSA) is 49.4 Å². The van der Waals surface area contributed by atoms with Gasteiger partial charge in [0.05, 0.1) is 6.42 Å². The quantitative estimate of drug-likeness (QED) is 0.856. The summed E-state index contributed by atoms with van der Waals surface area (Å²) in [5.74, 6) is -0.0333. The number of hydrogen-bond acceptors (Lipinski definition) is 3. The van der Waals surface area contributed by atoms with E-state index >= 15 is 0 Å². The Balaban J connectivity index is 1.59. The number of hydrogen-bond donors (Lipinski definition) is 1. The molecule has 2 aliphatic rings. The normalized spacial score (nSPS) is 26.9. The summed E-state index contributed by atoms with van der Waals surface area (Å²) in [6.45, 7) is 5.03. The molecule has 2 heterocycles. The fourth-order valence-electron chi connectivity index (χ4n) is 2.74. The van der Waals surface area contributed by atoms with Crippen LogP contribution in [0.2, 0.25) is 0 Å². The fraction of sp³-hybridized carbons (Fsp3) is 0.467. The zero-order valence-corrected chi connectivity index (χ0v) is 12.4. The molecule has 2 aliphatic heterocycles. The highest BCUT2D eigenvalue weighted by molar-refractivity contribution is 8.01. The predicted molar refractivity (Wildman–Crippen MR) is 79.2 cm³/mol. The van der Waals surface area contributed by atoms with Crippen molar-refractivity contribution in [2.24, 2.45) is 0 Å². The third kappa shape index (κ3) is 2.42. The molecule has 1 N–H and O–H groups in total. The van der Waals surface area contributed by atoms with Crippen molar-refractivity contribution in [3.63, 3.8) is 0 Å². The molecule has 2 saturated heterocycles. The molecule has 0 radical (unpaired) electrons. The summed E-state index contributed by atoms with van der Waals surface area (Å²) in [6.07, 6.45) is 0.325. The van der Waals surface area contributed by atoms with Gasteiger partial charge < -0.3 is 10.2 Å². The lowest BCUT2D eigenvalue weighted by Gasteiger charge is -2.41. The van der Waals surface area contributed by atoms with Gasteiger partial charge in [0.25, 0.3) is 0 Å². The number of rotatable bonds is 3. The van der Waals surface area contributed by atoms with Gasteiger partial charge in [-0.15, -0.1) is 11.8 Å². The van der Waals surface area contributed by atoms with Crippen LogP contribution < -0.4 is 5.32 Å². The first kappa shape index (κ1) is 13.5. The Bertz CT molecular complexity index is 544. The lowest BCUT2D eigenvalue weighted by Crippen LogP contribution is -2.67. The van der Waals surface area contributed by atoms with Crippen LogP contribution in [0.3, 0.4) is 0 Å². The third-order valence-electron chi connectivity index (χ3n) is 3.66. The molecule has 0 spiro atoms. The molecule has 0 saturated carbocycles. The number of carbonyl (C=O) groups is 2. The van der Waals surface area contributed by atoms with Gasteiger partial charge in [-0.2, -0.15) is 0 Å². The number of nitrogens with zero attached hydrogens (tertiary/aromatic N) is 1. The average Bonchev–Trinajstić information content (AvgIpc) is 2.70. The van der Waals surface area contributed by atoms with E-state index in [1.54, 1.807) is 11.8 Å². The molecular formula is C15H18N2O2S. The second-order valence-electron chi connectivity index (χ2n) is 5.94. The van der Waals surface area contributed by atoms with Crippen LogP contribution in [-0.2, 0) is 16.0 Å². The Morgan fingerprint density at radius 2 is 2.10 bits per heavy atom. The number of fused-ring (bicyclic) bond motifs is 1. The molecule has 1 aromatic rings. The van der Waals surface area contributed by atoms with Gasteiger partial charge in [-0.05, 0) is 19.4 Å². The highest BCUT2D eigenvalue weighted by Crippen LogP contribution is 2.46. The SMILES string of the molecule is CC1(C)CN2C(=O)[C@@H](NC(=O)Cc3ccccc3)[C@H]2S1. The Kier molecular flexibility index (Phi) is 3.24. The molecule has 1 aromatic carbocycles. The minimum absolute atomic E-state index is 0.0505. The molecule has 2 atom stereocenters. The summed E-state index contributed by atoms with van der Waals surface area (Å²) in [6, 6.07) is 9.23. The number of thioether (sulfide) groups is 1. The maximum Gasteiger partial charge on any atom is 0.249 e. The summed E-state index contributed by atoms with van der Waals surface area (Å²) in [7, 11) is 0. The Labute approximate surface area is 122 Å². The van der Waals surface area contributed by atoms with Crippen LogP contribution in [0.25, 0.3) is 0 Å². The van der Waals surface area contributed by atoms with Gasteiger partial charge in [0.15, 0.2) is 0 Å². The van der Waals surface area contributed by atoms with Crippen LogP contribution in [0.1, 0.15) is 19.4 Å². The van der Waals surface area contributed by atoms with E-state index in [2.05, 4.69) is 19.2 Å². The van der Waals surface area contributed by atoms with Crippen LogP contribution in [0.5, 0.6) is 0 Å². The van der Waals surface area contributed by atoms with Gasteiger partial charge >= 0.3 is 0 Å². The summed E-state index contributed by atoms with van der Waals surface area (Å²) >= 11 is 1.77. The average molecular weight is 290 g/mol. The van der Waals surface area contributed by atoms with Crippen LogP contribution in [0, 0.1) is 0 Å². The Hall–Kier alpha value is -1.49. The monoisotopic (exact) mass is 290 g/mol. The number of amides is 2. The van der Waals surface area contributed by atoms with Crippen molar-refractivity contribution < 1.29 is 9.59 Å². The van der Waals surface area contributed by atoms with Crippen LogP contribution in [0.15, 0.2) is 30.3 Å². The summed E-state index contributed by atoms with van der Waals surface area (Å²) < 4.78 is 0.0826. The Morgan fingerprint density at radius 3 is 2.80 bits per heavy atom. The van der Waals surface area contributed by atoms with Gasteiger partial charge in [-0.3, -0.25) is 9.59 Å². The molecule has 106 valence electrons. The molecule has 2 fully saturated rings. The van der Waals surface area contributed by atoms with Crippen LogP contribution in [0.4, 0.5) is 0 Å². The molecule has 0 aliphatic carbocycles. The van der Waals surface area contributed by atoms with Crippen molar-refractivity contribution in [3.05, 3.63) is 35.9 Å².